The molecule has 2 heterocycles. The van der Waals surface area contributed by atoms with Crippen LogP contribution in [0.2, 0.25) is 0 Å². The van der Waals surface area contributed by atoms with Crippen LogP contribution in [0.25, 0.3) is 0 Å². The van der Waals surface area contributed by atoms with Gasteiger partial charge in [-0.15, -0.1) is 0 Å². The zero-order valence-electron chi connectivity index (χ0n) is 25.2. The molecule has 0 unspecified atom stereocenters. The maximum atomic E-state index is 12.7. The van der Waals surface area contributed by atoms with E-state index in [0.29, 0.717) is 0 Å². The summed E-state index contributed by atoms with van der Waals surface area (Å²) in [7, 11) is 4.79. The molecule has 0 amide bonds. The fourth-order valence-corrected chi connectivity index (χ4v) is 5.33. The van der Waals surface area contributed by atoms with Crippen LogP contribution < -0.4 is 9.47 Å². The molecule has 2 aliphatic carbocycles. The molecule has 0 saturated carbocycles. The topological polar surface area (TPSA) is 176 Å². The third-order valence-electron chi connectivity index (χ3n) is 7.13. The summed E-state index contributed by atoms with van der Waals surface area (Å²) in [5.41, 5.74) is -0.450. The molecular weight excluding hydrogens is 679 g/mol. The van der Waals surface area contributed by atoms with E-state index >= 15 is 0 Å². The Morgan fingerprint density at radius 1 is 0.583 bits per heavy atom. The summed E-state index contributed by atoms with van der Waals surface area (Å²) in [4.78, 5) is 74.3. The van der Waals surface area contributed by atoms with Gasteiger partial charge in [-0.1, -0.05) is 47.5 Å². The number of carbonyl (C=O) groups excluding carboxylic acids is 6. The third kappa shape index (κ3) is 5.34. The molecule has 16 heteroatoms. The van der Waals surface area contributed by atoms with Gasteiger partial charge in [0.05, 0.1) is 28.4 Å². The van der Waals surface area contributed by atoms with Gasteiger partial charge >= 0.3 is 35.5 Å². The molecule has 48 heavy (non-hydrogen) atoms. The highest BCUT2D eigenvalue weighted by molar-refractivity contribution is 6.46. The van der Waals surface area contributed by atoms with Gasteiger partial charge < -0.3 is 37.9 Å². The summed E-state index contributed by atoms with van der Waals surface area (Å²) in [5.74, 6) is -10.0. The van der Waals surface area contributed by atoms with Crippen LogP contribution in [0.3, 0.4) is 0 Å². The monoisotopic (exact) mass is 700 g/mol. The Morgan fingerprint density at radius 3 is 1.27 bits per heavy atom. The average molecular weight is 701 g/mol. The second-order valence-electron chi connectivity index (χ2n) is 9.73. The quantitative estimate of drug-likeness (QED) is 0.335. The predicted octanol–water partition coefficient (Wildman–Crippen LogP) is 3.42. The molecule has 0 N–H and O–H groups in total. The molecule has 248 valence electrons. The summed E-state index contributed by atoms with van der Waals surface area (Å²) in [5, 5.41) is -0.727. The van der Waals surface area contributed by atoms with Crippen LogP contribution in [-0.4, -0.2) is 75.5 Å². The van der Waals surface area contributed by atoms with Crippen LogP contribution >= 0.6 is 23.2 Å². The number of methoxy groups -OCH3 is 4. The number of ketones is 2. The highest BCUT2D eigenvalue weighted by Crippen LogP contribution is 2.43. The van der Waals surface area contributed by atoms with Gasteiger partial charge in [0.1, 0.15) is 55.4 Å². The average Bonchev–Trinajstić information content (AvgIpc) is 3.10. The van der Waals surface area contributed by atoms with E-state index in [2.05, 4.69) is 9.47 Å². The van der Waals surface area contributed by atoms with Gasteiger partial charge in [-0.3, -0.25) is 9.59 Å². The number of rotatable bonds is 4. The molecule has 14 nitrogen and oxygen atoms in total. The number of para-hydroxylation sites is 2. The lowest BCUT2D eigenvalue weighted by atomic mass is 9.93. The second-order valence-corrected chi connectivity index (χ2v) is 10.5. The van der Waals surface area contributed by atoms with Crippen molar-refractivity contribution in [3.63, 3.8) is 0 Å². The summed E-state index contributed by atoms with van der Waals surface area (Å²) in [6.45, 7) is 0. The minimum Gasteiger partial charge on any atom is -0.495 e. The predicted molar refractivity (Wildman–Crippen MR) is 160 cm³/mol. The fraction of sp³-hybridized carbons (Fsp3) is 0.188. The molecule has 2 aliphatic heterocycles. The number of carbonyl (C=O) groups is 6. The molecule has 0 bridgehead atoms. The molecule has 2 spiro atoms. The Morgan fingerprint density at radius 2 is 0.938 bits per heavy atom. The van der Waals surface area contributed by atoms with E-state index < -0.39 is 47.0 Å². The number of hydrogen-bond donors (Lipinski definition) is 0. The smallest absolute Gasteiger partial charge is 0.354 e. The maximum Gasteiger partial charge on any atom is 0.354 e. The Bertz CT molecular complexity index is 1780. The van der Waals surface area contributed by atoms with Gasteiger partial charge in [0.2, 0.25) is 0 Å². The minimum absolute atomic E-state index is 0.0637. The SMILES string of the molecule is COC(=O)C1=CC(OC)=C(Cl)C(=O)[C@]12OC(=O)c1ccccc1O2.COC(=O)C1=CC(OC)=C(Cl)C(=O)[C@]12OC(=O)c1ccccc1O2. The Hall–Kier alpha value is -5.60. The highest BCUT2D eigenvalue weighted by atomic mass is 35.5. The van der Waals surface area contributed by atoms with Gasteiger partial charge in [0, 0.05) is 12.2 Å². The lowest BCUT2D eigenvalue weighted by molar-refractivity contribution is -0.169. The van der Waals surface area contributed by atoms with Crippen LogP contribution in [0.15, 0.2) is 93.4 Å². The molecule has 0 aromatic heterocycles. The third-order valence-corrected chi connectivity index (χ3v) is 7.85. The number of benzene rings is 2. The number of halogens is 2. The lowest BCUT2D eigenvalue weighted by Gasteiger charge is -2.38. The number of Topliss-reactive ketones (excluding diaryl/α,β-unsaturated/α-hetero) is 2. The van der Waals surface area contributed by atoms with Crippen molar-refractivity contribution in [2.45, 2.75) is 11.6 Å². The first-order chi connectivity index (χ1) is 22.9. The van der Waals surface area contributed by atoms with E-state index in [-0.39, 0.29) is 55.4 Å². The number of allylic oxidation sites excluding steroid dienone is 2. The van der Waals surface area contributed by atoms with Crippen molar-refractivity contribution in [3.05, 3.63) is 105 Å². The van der Waals surface area contributed by atoms with Crippen LogP contribution in [0.5, 0.6) is 11.5 Å². The highest BCUT2D eigenvalue weighted by Gasteiger charge is 2.60. The first-order valence-electron chi connectivity index (χ1n) is 13.5. The first kappa shape index (κ1) is 33.8. The van der Waals surface area contributed by atoms with E-state index in [1.54, 1.807) is 24.3 Å². The van der Waals surface area contributed by atoms with Crippen LogP contribution in [-0.2, 0) is 47.6 Å². The van der Waals surface area contributed by atoms with Crippen molar-refractivity contribution in [1.82, 2.24) is 0 Å². The van der Waals surface area contributed by atoms with E-state index in [4.69, 9.17) is 51.6 Å². The van der Waals surface area contributed by atoms with Crippen molar-refractivity contribution in [1.29, 1.82) is 0 Å². The van der Waals surface area contributed by atoms with Crippen molar-refractivity contribution in [3.8, 4) is 11.5 Å². The number of hydrogen-bond acceptors (Lipinski definition) is 14. The van der Waals surface area contributed by atoms with Crippen molar-refractivity contribution in [2.75, 3.05) is 28.4 Å². The fourth-order valence-electron chi connectivity index (χ4n) is 4.82. The van der Waals surface area contributed by atoms with Crippen molar-refractivity contribution >= 4 is 58.6 Å². The molecule has 0 saturated heterocycles. The number of ether oxygens (including phenoxy) is 8. The first-order valence-corrected chi connectivity index (χ1v) is 14.3. The molecule has 6 rings (SSSR count). The molecule has 2 aromatic rings. The molecule has 2 aromatic carbocycles. The second kappa shape index (κ2) is 12.9. The normalized spacial score (nSPS) is 22.4. The molecule has 4 aliphatic rings. The van der Waals surface area contributed by atoms with Gasteiger partial charge in [-0.2, -0.15) is 0 Å². The van der Waals surface area contributed by atoms with Gasteiger partial charge in [0.25, 0.3) is 11.6 Å². The lowest BCUT2D eigenvalue weighted by Crippen LogP contribution is -2.56. The number of esters is 4. The standard InChI is InChI=1S/2C16H11ClO7/c2*1-21-11-7-9(15(20)22-2)16(13(18)12(11)17)23-10-6-4-3-5-8(10)14(19)24-16/h2*3-7H,1-2H3/t2*16-/m11/s1. The largest absolute Gasteiger partial charge is 0.495 e. The summed E-state index contributed by atoms with van der Waals surface area (Å²) in [6.07, 6.45) is 2.30. The molecule has 2 atom stereocenters. The zero-order chi connectivity index (χ0) is 35.0. The zero-order valence-corrected chi connectivity index (χ0v) is 26.8. The molecular formula is C32H22Cl2O14. The number of fused-ring (bicyclic) bond motifs is 2. The maximum absolute atomic E-state index is 12.7. The molecule has 0 fully saturated rings. The van der Waals surface area contributed by atoms with Gasteiger partial charge in [-0.25, -0.2) is 19.2 Å². The van der Waals surface area contributed by atoms with Crippen LogP contribution in [0.4, 0.5) is 0 Å². The Balaban J connectivity index is 0.000000188. The summed E-state index contributed by atoms with van der Waals surface area (Å²) in [6, 6.07) is 12.3. The van der Waals surface area contributed by atoms with E-state index in [0.717, 1.165) is 26.4 Å². The van der Waals surface area contributed by atoms with E-state index in [1.165, 1.54) is 38.5 Å². The van der Waals surface area contributed by atoms with E-state index in [1.807, 2.05) is 0 Å². The van der Waals surface area contributed by atoms with Crippen molar-refractivity contribution in [2.24, 2.45) is 0 Å². The Kier molecular flexibility index (Phi) is 9.07. The van der Waals surface area contributed by atoms with Gasteiger partial charge in [0.15, 0.2) is 0 Å². The summed E-state index contributed by atoms with van der Waals surface area (Å²) < 4.78 is 40.9. The minimum atomic E-state index is -2.35. The summed E-state index contributed by atoms with van der Waals surface area (Å²) >= 11 is 12.0. The van der Waals surface area contributed by atoms with Crippen LogP contribution in [0, 0.1) is 0 Å². The molecule has 0 radical (unpaired) electrons. The Labute approximate surface area is 280 Å². The van der Waals surface area contributed by atoms with Gasteiger partial charge in [-0.05, 0) is 24.3 Å². The van der Waals surface area contributed by atoms with Crippen LogP contribution in [0.1, 0.15) is 20.7 Å². The van der Waals surface area contributed by atoms with E-state index in [9.17, 15) is 28.8 Å². The van der Waals surface area contributed by atoms with Crippen molar-refractivity contribution < 1.29 is 66.7 Å².